The summed E-state index contributed by atoms with van der Waals surface area (Å²) < 4.78 is 52.5. The van der Waals surface area contributed by atoms with Gasteiger partial charge in [0.05, 0.1) is 20.0 Å². The molecule has 0 saturated heterocycles. The topological polar surface area (TPSA) is 92.3 Å². The molecule has 0 heterocycles. The van der Waals surface area contributed by atoms with Crippen molar-refractivity contribution in [3.63, 3.8) is 0 Å². The summed E-state index contributed by atoms with van der Waals surface area (Å²) in [5.74, 6) is 0. The summed E-state index contributed by atoms with van der Waals surface area (Å²) in [4.78, 5) is -0.244. The largest absolute Gasteiger partial charge is 0.280 e. The van der Waals surface area contributed by atoms with Crippen molar-refractivity contribution in [2.45, 2.75) is 9.79 Å². The molecule has 0 atom stereocenters. The van der Waals surface area contributed by atoms with Crippen molar-refractivity contribution in [3.05, 3.63) is 51.5 Å². The van der Waals surface area contributed by atoms with Crippen LogP contribution in [0.25, 0.3) is 0 Å². The molecule has 0 unspecified atom stereocenters. The number of halogens is 3. The Kier molecular flexibility index (Phi) is 5.68. The van der Waals surface area contributed by atoms with Gasteiger partial charge in [-0.3, -0.25) is 4.72 Å². The summed E-state index contributed by atoms with van der Waals surface area (Å²) in [6.45, 7) is 0. The van der Waals surface area contributed by atoms with Crippen LogP contribution >= 0.6 is 34.8 Å². The summed E-state index contributed by atoms with van der Waals surface area (Å²) in [6, 6.07) is 7.51. The van der Waals surface area contributed by atoms with E-state index in [0.717, 1.165) is 6.07 Å². The van der Waals surface area contributed by atoms with E-state index in [2.05, 4.69) is 9.44 Å². The molecule has 0 aliphatic rings. The Hall–Kier alpha value is -1.03. The Balaban J connectivity index is 2.35. The van der Waals surface area contributed by atoms with Gasteiger partial charge >= 0.3 is 0 Å². The van der Waals surface area contributed by atoms with E-state index in [0.29, 0.717) is 0 Å². The zero-order valence-electron chi connectivity index (χ0n) is 12.0. The Bertz CT molecular complexity index is 975. The summed E-state index contributed by atoms with van der Waals surface area (Å²) in [5.41, 5.74) is 0.159. The molecular weight excluding hydrogens is 419 g/mol. The van der Waals surface area contributed by atoms with Crippen LogP contribution in [-0.4, -0.2) is 23.9 Å². The lowest BCUT2D eigenvalue weighted by Crippen LogP contribution is -2.18. The molecule has 0 saturated carbocycles. The predicted octanol–water partition coefficient (Wildman–Crippen LogP) is 3.36. The number of nitrogens with one attached hydrogen (secondary N) is 2. The first kappa shape index (κ1) is 19.3. The maximum atomic E-state index is 12.4. The first-order chi connectivity index (χ1) is 11.1. The monoisotopic (exact) mass is 428 g/mol. The number of hydrogen-bond donors (Lipinski definition) is 2. The third-order valence-corrected chi connectivity index (χ3v) is 6.95. The Labute approximate surface area is 154 Å². The highest BCUT2D eigenvalue weighted by atomic mass is 35.5. The predicted molar refractivity (Wildman–Crippen MR) is 95.0 cm³/mol. The molecule has 0 radical (unpaired) electrons. The summed E-state index contributed by atoms with van der Waals surface area (Å²) in [6.07, 6.45) is 0. The fraction of sp³-hybridized carbons (Fsp3) is 0.0769. The molecule has 24 heavy (non-hydrogen) atoms. The van der Waals surface area contributed by atoms with Gasteiger partial charge in [-0.05, 0) is 43.4 Å². The Morgan fingerprint density at radius 1 is 0.792 bits per heavy atom. The maximum absolute atomic E-state index is 12.4. The van der Waals surface area contributed by atoms with Gasteiger partial charge in [0, 0.05) is 5.69 Å². The lowest BCUT2D eigenvalue weighted by molar-refractivity contribution is 0.588. The van der Waals surface area contributed by atoms with Gasteiger partial charge in [-0.15, -0.1) is 0 Å². The first-order valence-electron chi connectivity index (χ1n) is 6.28. The van der Waals surface area contributed by atoms with Gasteiger partial charge in [-0.1, -0.05) is 34.8 Å². The smallest absolute Gasteiger partial charge is 0.263 e. The van der Waals surface area contributed by atoms with E-state index in [1.54, 1.807) is 0 Å². The van der Waals surface area contributed by atoms with Gasteiger partial charge in [-0.2, -0.15) is 0 Å². The fourth-order valence-electron chi connectivity index (χ4n) is 1.74. The average molecular weight is 430 g/mol. The quantitative estimate of drug-likeness (QED) is 0.713. The van der Waals surface area contributed by atoms with Crippen LogP contribution < -0.4 is 9.44 Å². The highest BCUT2D eigenvalue weighted by molar-refractivity contribution is 7.92. The molecule has 2 rings (SSSR count). The third kappa shape index (κ3) is 4.14. The van der Waals surface area contributed by atoms with Gasteiger partial charge in [-0.25, -0.2) is 21.6 Å². The zero-order chi connectivity index (χ0) is 18.1. The van der Waals surface area contributed by atoms with Crippen LogP contribution in [0, 0.1) is 0 Å². The molecule has 0 aromatic heterocycles. The molecule has 6 nitrogen and oxygen atoms in total. The molecule has 0 amide bonds. The Morgan fingerprint density at radius 2 is 1.33 bits per heavy atom. The summed E-state index contributed by atoms with van der Waals surface area (Å²) in [5, 5.41) is 0.0745. The normalized spacial score (nSPS) is 12.2. The van der Waals surface area contributed by atoms with Gasteiger partial charge in [0.25, 0.3) is 10.0 Å². The molecule has 2 aromatic rings. The van der Waals surface area contributed by atoms with Gasteiger partial charge < -0.3 is 0 Å². The molecule has 130 valence electrons. The minimum atomic E-state index is -4.03. The first-order valence-corrected chi connectivity index (χ1v) is 10.4. The standard InChI is InChI=1S/C13H11Cl3N2O4S2/c1-17-23(19,20)9-4-2-8(3-5-9)18-24(21,22)13-7-11(15)10(14)6-12(13)16/h2-7,17-18H,1H3. The van der Waals surface area contributed by atoms with Crippen LogP contribution in [0.3, 0.4) is 0 Å². The Morgan fingerprint density at radius 3 is 1.88 bits per heavy atom. The highest BCUT2D eigenvalue weighted by Crippen LogP contribution is 2.32. The van der Waals surface area contributed by atoms with Crippen LogP contribution in [0.4, 0.5) is 5.69 Å². The average Bonchev–Trinajstić information content (AvgIpc) is 2.51. The lowest BCUT2D eigenvalue weighted by Gasteiger charge is -2.11. The van der Waals surface area contributed by atoms with Crippen LogP contribution in [0.15, 0.2) is 46.2 Å². The molecule has 0 fully saturated rings. The van der Waals surface area contributed by atoms with Crippen molar-refractivity contribution >= 4 is 60.5 Å². The molecule has 0 spiro atoms. The second-order valence-electron chi connectivity index (χ2n) is 4.53. The van der Waals surface area contributed by atoms with Crippen molar-refractivity contribution in [1.29, 1.82) is 0 Å². The number of anilines is 1. The van der Waals surface area contributed by atoms with Crippen molar-refractivity contribution in [3.8, 4) is 0 Å². The molecule has 0 bridgehead atoms. The second-order valence-corrected chi connectivity index (χ2v) is 9.29. The van der Waals surface area contributed by atoms with Gasteiger partial charge in [0.15, 0.2) is 0 Å². The van der Waals surface area contributed by atoms with Gasteiger partial charge in [0.2, 0.25) is 10.0 Å². The summed E-state index contributed by atoms with van der Waals surface area (Å²) in [7, 11) is -6.36. The maximum Gasteiger partial charge on any atom is 0.263 e. The molecule has 11 heteroatoms. The van der Waals surface area contributed by atoms with Crippen molar-refractivity contribution in [2.75, 3.05) is 11.8 Å². The fourth-order valence-corrected chi connectivity index (χ4v) is 4.53. The lowest BCUT2D eigenvalue weighted by atomic mass is 10.3. The number of benzene rings is 2. The molecular formula is C13H11Cl3N2O4S2. The van der Waals surface area contributed by atoms with Crippen LogP contribution in [-0.2, 0) is 20.0 Å². The van der Waals surface area contributed by atoms with E-state index >= 15 is 0 Å². The van der Waals surface area contributed by atoms with Crippen molar-refractivity contribution < 1.29 is 16.8 Å². The highest BCUT2D eigenvalue weighted by Gasteiger charge is 2.20. The summed E-state index contributed by atoms with van der Waals surface area (Å²) >= 11 is 17.5. The van der Waals surface area contributed by atoms with E-state index in [-0.39, 0.29) is 30.5 Å². The molecule has 2 aromatic carbocycles. The van der Waals surface area contributed by atoms with E-state index in [9.17, 15) is 16.8 Å². The minimum Gasteiger partial charge on any atom is -0.280 e. The van der Waals surface area contributed by atoms with Gasteiger partial charge in [0.1, 0.15) is 4.90 Å². The molecule has 0 aliphatic heterocycles. The molecule has 2 N–H and O–H groups in total. The van der Waals surface area contributed by atoms with E-state index in [4.69, 9.17) is 34.8 Å². The number of sulfonamides is 2. The van der Waals surface area contributed by atoms with Crippen molar-refractivity contribution in [2.24, 2.45) is 0 Å². The molecule has 0 aliphatic carbocycles. The SMILES string of the molecule is CNS(=O)(=O)c1ccc(NS(=O)(=O)c2cc(Cl)c(Cl)cc2Cl)cc1. The number of hydrogen-bond acceptors (Lipinski definition) is 4. The van der Waals surface area contributed by atoms with Crippen LogP contribution in [0.2, 0.25) is 15.1 Å². The third-order valence-electron chi connectivity index (χ3n) is 2.95. The minimum absolute atomic E-state index is 0.000479. The number of rotatable bonds is 5. The van der Waals surface area contributed by atoms with E-state index in [1.165, 1.54) is 37.4 Å². The van der Waals surface area contributed by atoms with Crippen LogP contribution in [0.5, 0.6) is 0 Å². The zero-order valence-corrected chi connectivity index (χ0v) is 15.9. The van der Waals surface area contributed by atoms with Crippen molar-refractivity contribution in [1.82, 2.24) is 4.72 Å². The second kappa shape index (κ2) is 7.07. The van der Waals surface area contributed by atoms with Crippen LogP contribution in [0.1, 0.15) is 0 Å². The van der Waals surface area contributed by atoms with E-state index < -0.39 is 20.0 Å². The van der Waals surface area contributed by atoms with E-state index in [1.807, 2.05) is 0 Å².